The van der Waals surface area contributed by atoms with Crippen LogP contribution in [0, 0.1) is 0 Å². The van der Waals surface area contributed by atoms with Crippen LogP contribution in [0.5, 0.6) is 5.75 Å². The largest absolute Gasteiger partial charge is 0.497 e. The summed E-state index contributed by atoms with van der Waals surface area (Å²) in [6.45, 7) is 4.68. The highest BCUT2D eigenvalue weighted by Crippen LogP contribution is 2.18. The molecule has 28 heavy (non-hydrogen) atoms. The number of nitrogens with one attached hydrogen (secondary N) is 1. The van der Waals surface area contributed by atoms with Crippen molar-refractivity contribution < 1.29 is 9.53 Å². The molecule has 1 aliphatic rings. The van der Waals surface area contributed by atoms with Crippen LogP contribution < -0.4 is 10.1 Å². The lowest BCUT2D eigenvalue weighted by Gasteiger charge is -2.25. The average Bonchev–Trinajstić information content (AvgIpc) is 3.22. The number of anilines is 1. The van der Waals surface area contributed by atoms with Crippen molar-refractivity contribution in [1.29, 1.82) is 0 Å². The van der Waals surface area contributed by atoms with Gasteiger partial charge in [0.15, 0.2) is 0 Å². The Morgan fingerprint density at radius 1 is 1.18 bits per heavy atom. The first kappa shape index (κ1) is 20.7. The minimum absolute atomic E-state index is 0.0773. The summed E-state index contributed by atoms with van der Waals surface area (Å²) in [6.07, 6.45) is 3.55. The molecular weight excluding hydrogens is 418 g/mol. The molecule has 1 aliphatic heterocycles. The predicted octanol–water partition coefficient (Wildman–Crippen LogP) is 4.98. The van der Waals surface area contributed by atoms with Crippen molar-refractivity contribution in [3.05, 3.63) is 58.6 Å². The number of ether oxygens (including phenoxy) is 1. The van der Waals surface area contributed by atoms with Gasteiger partial charge in [0.2, 0.25) is 0 Å². The second-order valence-electron chi connectivity index (χ2n) is 7.11. The Bertz CT molecular complexity index is 761. The quantitative estimate of drug-likeness (QED) is 0.622. The predicted molar refractivity (Wildman–Crippen MR) is 117 cm³/mol. The smallest absolute Gasteiger partial charge is 0.322 e. The van der Waals surface area contributed by atoms with Gasteiger partial charge in [0, 0.05) is 23.2 Å². The van der Waals surface area contributed by atoms with E-state index in [1.54, 1.807) is 7.11 Å². The molecule has 0 radical (unpaired) electrons. The van der Waals surface area contributed by atoms with Gasteiger partial charge in [0.25, 0.3) is 0 Å². The third kappa shape index (κ3) is 6.24. The molecule has 3 rings (SSSR count). The van der Waals surface area contributed by atoms with Gasteiger partial charge in [-0.05, 0) is 80.9 Å². The highest BCUT2D eigenvalue weighted by atomic mass is 79.9. The molecule has 6 heteroatoms. The third-order valence-corrected chi connectivity index (χ3v) is 5.52. The topological polar surface area (TPSA) is 44.8 Å². The van der Waals surface area contributed by atoms with E-state index in [2.05, 4.69) is 26.1 Å². The summed E-state index contributed by atoms with van der Waals surface area (Å²) >= 11 is 3.43. The molecule has 1 heterocycles. The second-order valence-corrected chi connectivity index (χ2v) is 8.03. The molecule has 2 amide bonds. The van der Waals surface area contributed by atoms with Gasteiger partial charge < -0.3 is 19.9 Å². The first-order valence-electron chi connectivity index (χ1n) is 9.81. The van der Waals surface area contributed by atoms with Crippen LogP contribution in [0.1, 0.15) is 24.8 Å². The lowest BCUT2D eigenvalue weighted by Crippen LogP contribution is -2.36. The van der Waals surface area contributed by atoms with Crippen molar-refractivity contribution in [2.75, 3.05) is 38.6 Å². The summed E-state index contributed by atoms with van der Waals surface area (Å²) in [5.41, 5.74) is 1.86. The van der Waals surface area contributed by atoms with E-state index in [0.717, 1.165) is 41.0 Å². The Hall–Kier alpha value is -2.05. The van der Waals surface area contributed by atoms with E-state index >= 15 is 0 Å². The van der Waals surface area contributed by atoms with E-state index in [4.69, 9.17) is 4.74 Å². The van der Waals surface area contributed by atoms with Crippen LogP contribution in [0.2, 0.25) is 0 Å². The Morgan fingerprint density at radius 3 is 2.64 bits per heavy atom. The summed E-state index contributed by atoms with van der Waals surface area (Å²) in [5, 5.41) is 3.02. The molecule has 0 bridgehead atoms. The lowest BCUT2D eigenvalue weighted by atomic mass is 10.2. The van der Waals surface area contributed by atoms with Crippen LogP contribution >= 0.6 is 15.9 Å². The summed E-state index contributed by atoms with van der Waals surface area (Å²) in [6, 6.07) is 15.5. The van der Waals surface area contributed by atoms with Crippen LogP contribution in [-0.2, 0) is 6.54 Å². The number of hydrogen-bond donors (Lipinski definition) is 1. The van der Waals surface area contributed by atoms with E-state index in [1.807, 2.05) is 53.4 Å². The second kappa shape index (κ2) is 10.5. The summed E-state index contributed by atoms with van der Waals surface area (Å²) < 4.78 is 6.31. The van der Waals surface area contributed by atoms with Crippen LogP contribution in [0.3, 0.4) is 0 Å². The van der Waals surface area contributed by atoms with E-state index in [-0.39, 0.29) is 6.03 Å². The molecule has 0 aromatic heterocycles. The van der Waals surface area contributed by atoms with Gasteiger partial charge in [-0.3, -0.25) is 0 Å². The van der Waals surface area contributed by atoms with Crippen LogP contribution in [0.15, 0.2) is 53.0 Å². The Balaban J connectivity index is 1.64. The number of benzene rings is 2. The molecule has 0 saturated carbocycles. The molecular formula is C22H28BrN3O2. The van der Waals surface area contributed by atoms with Gasteiger partial charge in [0.1, 0.15) is 5.75 Å². The first-order chi connectivity index (χ1) is 13.6. The average molecular weight is 446 g/mol. The van der Waals surface area contributed by atoms with Gasteiger partial charge >= 0.3 is 6.03 Å². The highest BCUT2D eigenvalue weighted by Gasteiger charge is 2.16. The van der Waals surface area contributed by atoms with E-state index in [1.165, 1.54) is 25.9 Å². The van der Waals surface area contributed by atoms with Crippen molar-refractivity contribution in [2.45, 2.75) is 25.8 Å². The highest BCUT2D eigenvalue weighted by molar-refractivity contribution is 9.10. The Labute approximate surface area is 175 Å². The molecule has 0 unspecified atom stereocenters. The van der Waals surface area contributed by atoms with Gasteiger partial charge in [-0.15, -0.1) is 0 Å². The van der Waals surface area contributed by atoms with E-state index in [9.17, 15) is 4.79 Å². The molecule has 5 nitrogen and oxygen atoms in total. The van der Waals surface area contributed by atoms with Gasteiger partial charge in [-0.25, -0.2) is 4.79 Å². The van der Waals surface area contributed by atoms with E-state index < -0.39 is 0 Å². The third-order valence-electron chi connectivity index (χ3n) is 4.99. The number of methoxy groups -OCH3 is 1. The standard InChI is InChI=1S/C22H28BrN3O2/c1-28-21-7-4-6-18(16-21)17-26(15-5-14-25-12-2-3-13-25)22(27)24-20-10-8-19(23)9-11-20/h4,6-11,16H,2-3,5,12-15,17H2,1H3,(H,24,27). The number of carbonyl (C=O) groups excluding carboxylic acids is 1. The molecule has 0 spiro atoms. The minimum atomic E-state index is -0.0773. The first-order valence-corrected chi connectivity index (χ1v) is 10.6. The molecule has 1 fully saturated rings. The summed E-state index contributed by atoms with van der Waals surface area (Å²) in [5.74, 6) is 0.808. The van der Waals surface area contributed by atoms with Crippen molar-refractivity contribution in [1.82, 2.24) is 9.80 Å². The summed E-state index contributed by atoms with van der Waals surface area (Å²) in [7, 11) is 1.66. The summed E-state index contributed by atoms with van der Waals surface area (Å²) in [4.78, 5) is 17.3. The minimum Gasteiger partial charge on any atom is -0.497 e. The van der Waals surface area contributed by atoms with Gasteiger partial charge in [-0.1, -0.05) is 28.1 Å². The number of hydrogen-bond acceptors (Lipinski definition) is 3. The normalized spacial score (nSPS) is 14.1. The number of rotatable bonds is 8. The number of likely N-dealkylation sites (tertiary alicyclic amines) is 1. The fraction of sp³-hybridized carbons (Fsp3) is 0.409. The molecule has 150 valence electrons. The zero-order valence-electron chi connectivity index (χ0n) is 16.4. The zero-order valence-corrected chi connectivity index (χ0v) is 18.0. The molecule has 0 atom stereocenters. The Morgan fingerprint density at radius 2 is 1.93 bits per heavy atom. The molecule has 1 saturated heterocycles. The number of carbonyl (C=O) groups is 1. The maximum Gasteiger partial charge on any atom is 0.322 e. The number of urea groups is 1. The number of halogens is 1. The van der Waals surface area contributed by atoms with Gasteiger partial charge in [0.05, 0.1) is 7.11 Å². The molecule has 1 N–H and O–H groups in total. The fourth-order valence-corrected chi connectivity index (χ4v) is 3.74. The van der Waals surface area contributed by atoms with Crippen molar-refractivity contribution >= 4 is 27.6 Å². The van der Waals surface area contributed by atoms with Gasteiger partial charge in [-0.2, -0.15) is 0 Å². The van der Waals surface area contributed by atoms with Crippen LogP contribution in [0.4, 0.5) is 10.5 Å². The fourth-order valence-electron chi connectivity index (χ4n) is 3.47. The maximum absolute atomic E-state index is 12.9. The van der Waals surface area contributed by atoms with Crippen LogP contribution in [-0.4, -0.2) is 49.1 Å². The van der Waals surface area contributed by atoms with Crippen molar-refractivity contribution in [3.8, 4) is 5.75 Å². The molecule has 0 aliphatic carbocycles. The zero-order chi connectivity index (χ0) is 19.8. The number of nitrogens with zero attached hydrogens (tertiary/aromatic N) is 2. The lowest BCUT2D eigenvalue weighted by molar-refractivity contribution is 0.204. The van der Waals surface area contributed by atoms with Crippen LogP contribution in [0.25, 0.3) is 0 Å². The van der Waals surface area contributed by atoms with Crippen molar-refractivity contribution in [3.63, 3.8) is 0 Å². The SMILES string of the molecule is COc1cccc(CN(CCCN2CCCC2)C(=O)Nc2ccc(Br)cc2)c1. The van der Waals surface area contributed by atoms with Crippen molar-refractivity contribution in [2.24, 2.45) is 0 Å². The Kier molecular flexibility index (Phi) is 7.74. The molecule has 2 aromatic carbocycles. The number of amides is 2. The molecule has 2 aromatic rings. The van der Waals surface area contributed by atoms with E-state index in [0.29, 0.717) is 6.54 Å². The maximum atomic E-state index is 12.9. The monoisotopic (exact) mass is 445 g/mol.